The van der Waals surface area contributed by atoms with Gasteiger partial charge in [0.15, 0.2) is 11.6 Å². The molecule has 0 radical (unpaired) electrons. The van der Waals surface area contributed by atoms with Gasteiger partial charge in [0, 0.05) is 1.43 Å². The molecule has 0 fully saturated rings. The Morgan fingerprint density at radius 1 is 1.25 bits per heavy atom. The lowest BCUT2D eigenvalue weighted by Gasteiger charge is -1.90. The van der Waals surface area contributed by atoms with Crippen molar-refractivity contribution in [3.63, 3.8) is 0 Å². The van der Waals surface area contributed by atoms with Crippen molar-refractivity contribution in [2.75, 3.05) is 5.84 Å². The lowest BCUT2D eigenvalue weighted by Crippen LogP contribution is -3.00. The van der Waals surface area contributed by atoms with E-state index in [0.29, 0.717) is 11.6 Å². The van der Waals surface area contributed by atoms with Crippen LogP contribution >= 0.6 is 0 Å². The third kappa shape index (κ3) is 2.82. The summed E-state index contributed by atoms with van der Waals surface area (Å²) in [5.74, 6) is 6.39. The number of nitrogen functional groups attached to an aromatic ring is 1. The number of aromatic nitrogens is 3. The summed E-state index contributed by atoms with van der Waals surface area (Å²) in [6.45, 7) is 0.570. The molecular weight excluding hydrogens is 203 g/mol. The molecule has 0 unspecified atom stereocenters. The van der Waals surface area contributed by atoms with Crippen molar-refractivity contribution in [2.24, 2.45) is 11.5 Å². The first-order valence-corrected chi connectivity index (χ1v) is 2.88. The molecule has 0 aliphatic carbocycles. The molecule has 1 aromatic heterocycles. The predicted octanol–water partition coefficient (Wildman–Crippen LogP) is -7.84. The Balaban J connectivity index is -0.000000333. The summed E-state index contributed by atoms with van der Waals surface area (Å²) in [5.41, 5.74) is 10.5. The van der Waals surface area contributed by atoms with Crippen molar-refractivity contribution < 1.29 is 26.2 Å². The molecule has 1 aromatic rings. The first-order chi connectivity index (χ1) is 4.77. The second-order valence-corrected chi connectivity index (χ2v) is 1.80. The smallest absolute Gasteiger partial charge is 0.166 e. The fourth-order valence-electron chi connectivity index (χ4n) is 0.630. The molecule has 0 aliphatic rings. The van der Waals surface area contributed by atoms with Gasteiger partial charge in [0.25, 0.3) is 0 Å². The molecule has 0 saturated carbocycles. The van der Waals surface area contributed by atoms with E-state index in [2.05, 4.69) is 10.1 Å². The van der Waals surface area contributed by atoms with Gasteiger partial charge in [-0.3, -0.25) is 0 Å². The third-order valence-electron chi connectivity index (χ3n) is 1.11. The van der Waals surface area contributed by atoms with Gasteiger partial charge in [-0.2, -0.15) is 4.79 Å². The maximum Gasteiger partial charge on any atom is 0.166 e. The molecule has 74 valence electrons. The van der Waals surface area contributed by atoms with Crippen LogP contribution in [0.2, 0.25) is 0 Å². The number of hydrogen-bond acceptors (Lipinski definition) is 5. The van der Waals surface area contributed by atoms with Crippen molar-refractivity contribution in [3.8, 4) is 0 Å². The zero-order chi connectivity index (χ0) is 7.56. The monoisotopic (exact) mass is 214 g/mol. The predicted molar refractivity (Wildman–Crippen MR) is 38.1 cm³/mol. The van der Waals surface area contributed by atoms with Crippen LogP contribution in [0.1, 0.15) is 13.1 Å². The Bertz CT molecular complexity index is 228. The number of halogens is 2. The largest absolute Gasteiger partial charge is 1.00 e. The van der Waals surface area contributed by atoms with Crippen LogP contribution in [-0.4, -0.2) is 14.9 Å². The molecular formula is C4H12Cl2N6-2. The van der Waals surface area contributed by atoms with E-state index in [4.69, 9.17) is 17.3 Å². The minimum atomic E-state index is 0. The molecule has 0 amide bonds. The van der Waals surface area contributed by atoms with Gasteiger partial charge < -0.3 is 42.1 Å². The van der Waals surface area contributed by atoms with Crippen LogP contribution in [0.25, 0.3) is 0 Å². The van der Waals surface area contributed by atoms with Crippen LogP contribution in [0.5, 0.6) is 0 Å². The summed E-state index contributed by atoms with van der Waals surface area (Å²) < 4.78 is 0. The molecule has 8 heteroatoms. The van der Waals surface area contributed by atoms with Gasteiger partial charge in [0.05, 0.1) is 13.1 Å². The Morgan fingerprint density at radius 3 is 2.08 bits per heavy atom. The van der Waals surface area contributed by atoms with Crippen LogP contribution < -0.4 is 42.1 Å². The quantitative estimate of drug-likeness (QED) is 0.424. The maximum absolute atomic E-state index is 5.33. The van der Waals surface area contributed by atoms with E-state index in [-0.39, 0.29) is 39.3 Å². The van der Waals surface area contributed by atoms with E-state index in [0.717, 1.165) is 4.79 Å². The second-order valence-electron chi connectivity index (χ2n) is 1.80. The lowest BCUT2D eigenvalue weighted by atomic mass is 10.6. The van der Waals surface area contributed by atoms with Crippen molar-refractivity contribution in [1.29, 1.82) is 0 Å². The molecule has 6 nitrogen and oxygen atoms in total. The van der Waals surface area contributed by atoms with Gasteiger partial charge in [0.2, 0.25) is 0 Å². The Hall–Kier alpha value is -0.560. The highest BCUT2D eigenvalue weighted by molar-refractivity contribution is 4.91. The summed E-state index contributed by atoms with van der Waals surface area (Å²) in [7, 11) is 0. The van der Waals surface area contributed by atoms with Crippen molar-refractivity contribution in [3.05, 3.63) is 11.6 Å². The van der Waals surface area contributed by atoms with Crippen molar-refractivity contribution >= 4 is 0 Å². The molecule has 1 heterocycles. The van der Waals surface area contributed by atoms with Gasteiger partial charge in [-0.05, 0) is 0 Å². The summed E-state index contributed by atoms with van der Waals surface area (Å²) >= 11 is 0. The number of nitrogens with two attached hydrogens (primary N) is 3. The van der Waals surface area contributed by atoms with Gasteiger partial charge >= 0.3 is 0 Å². The lowest BCUT2D eigenvalue weighted by molar-refractivity contribution is -0.00100. The molecule has 12 heavy (non-hydrogen) atoms. The minimum absolute atomic E-state index is 0. The van der Waals surface area contributed by atoms with Crippen LogP contribution in [0.4, 0.5) is 0 Å². The van der Waals surface area contributed by atoms with Crippen molar-refractivity contribution in [2.45, 2.75) is 13.1 Å². The standard InChI is InChI=1S/C4H10N6.2ClH.H2/c5-1-3-8-4(2-6)10(7)9-3;;;/h1-2,5-7H2;3*1H/p-2. The molecule has 0 aromatic carbocycles. The van der Waals surface area contributed by atoms with Gasteiger partial charge in [-0.25, -0.2) is 4.98 Å². The molecule has 0 atom stereocenters. The molecule has 0 bridgehead atoms. The van der Waals surface area contributed by atoms with Crippen LogP contribution in [0, 0.1) is 0 Å². The summed E-state index contributed by atoms with van der Waals surface area (Å²) in [6, 6.07) is 0. The van der Waals surface area contributed by atoms with Gasteiger partial charge in [0.1, 0.15) is 0 Å². The Kier molecular flexibility index (Phi) is 7.01. The topological polar surface area (TPSA) is 109 Å². The maximum atomic E-state index is 5.33. The van der Waals surface area contributed by atoms with Crippen LogP contribution in [0.15, 0.2) is 0 Å². The molecule has 6 N–H and O–H groups in total. The van der Waals surface area contributed by atoms with Gasteiger partial charge in [-0.1, -0.05) is 0 Å². The average Bonchev–Trinajstić information content (AvgIpc) is 2.30. The summed E-state index contributed by atoms with van der Waals surface area (Å²) in [6.07, 6.45) is 0. The Morgan fingerprint density at radius 2 is 1.83 bits per heavy atom. The number of rotatable bonds is 2. The first-order valence-electron chi connectivity index (χ1n) is 2.88. The fourth-order valence-corrected chi connectivity index (χ4v) is 0.630. The third-order valence-corrected chi connectivity index (χ3v) is 1.11. The molecule has 0 aliphatic heterocycles. The van der Waals surface area contributed by atoms with Crippen LogP contribution in [0.3, 0.4) is 0 Å². The fraction of sp³-hybridized carbons (Fsp3) is 0.500. The number of nitrogens with zero attached hydrogens (tertiary/aromatic N) is 3. The second kappa shape index (κ2) is 6.01. The normalized spacial score (nSPS) is 8.50. The van der Waals surface area contributed by atoms with E-state index in [9.17, 15) is 0 Å². The molecule has 1 rings (SSSR count). The van der Waals surface area contributed by atoms with E-state index in [1.165, 1.54) is 0 Å². The Labute approximate surface area is 83.8 Å². The SMILES string of the molecule is NCc1nc(CN)n(N)n1.[Cl-].[Cl-].[HH]. The first kappa shape index (κ1) is 14.0. The van der Waals surface area contributed by atoms with Crippen molar-refractivity contribution in [1.82, 2.24) is 14.9 Å². The average molecular weight is 215 g/mol. The van der Waals surface area contributed by atoms with Gasteiger partial charge in [-0.15, -0.1) is 5.10 Å². The zero-order valence-corrected chi connectivity index (χ0v) is 7.76. The van der Waals surface area contributed by atoms with E-state index in [1.807, 2.05) is 0 Å². The highest BCUT2D eigenvalue weighted by Gasteiger charge is 2.02. The van der Waals surface area contributed by atoms with E-state index in [1.54, 1.807) is 0 Å². The highest BCUT2D eigenvalue weighted by Crippen LogP contribution is 1.91. The number of hydrogen-bond donors (Lipinski definition) is 3. The molecule has 0 spiro atoms. The summed E-state index contributed by atoms with van der Waals surface area (Å²) in [5, 5.41) is 3.78. The molecule has 0 saturated heterocycles. The van der Waals surface area contributed by atoms with E-state index >= 15 is 0 Å². The zero-order valence-electron chi connectivity index (χ0n) is 6.24. The van der Waals surface area contributed by atoms with E-state index < -0.39 is 0 Å². The minimum Gasteiger partial charge on any atom is -1.00 e. The van der Waals surface area contributed by atoms with Crippen LogP contribution in [-0.2, 0) is 13.1 Å². The highest BCUT2D eigenvalue weighted by atomic mass is 35.5. The summed E-state index contributed by atoms with van der Waals surface area (Å²) in [4.78, 5) is 5.06.